The fourth-order valence-corrected chi connectivity index (χ4v) is 2.39. The van der Waals surface area contributed by atoms with Crippen LogP contribution in [-0.2, 0) is 14.8 Å². The van der Waals surface area contributed by atoms with Crippen molar-refractivity contribution in [2.75, 3.05) is 12.3 Å². The van der Waals surface area contributed by atoms with Crippen LogP contribution in [0.4, 0.5) is 0 Å². The van der Waals surface area contributed by atoms with Gasteiger partial charge in [-0.3, -0.25) is 4.79 Å². The number of thiocarbonyl (C=S) groups is 1. The maximum Gasteiger partial charge on any atom is 0.221 e. The fraction of sp³-hybridized carbons (Fsp3) is 0.778. The number of sulfonamides is 1. The van der Waals surface area contributed by atoms with Gasteiger partial charge in [-0.15, -0.1) is 0 Å². The van der Waals surface area contributed by atoms with Crippen molar-refractivity contribution in [3.8, 4) is 0 Å². The van der Waals surface area contributed by atoms with E-state index in [1.807, 2.05) is 20.8 Å². The molecule has 0 aromatic heterocycles. The third-order valence-electron chi connectivity index (χ3n) is 1.52. The highest BCUT2D eigenvalue weighted by Gasteiger charge is 2.15. The summed E-state index contributed by atoms with van der Waals surface area (Å²) in [6.45, 7) is 5.58. The standard InChI is InChI=1S/C9H19N3O3S2/c1-9(2,3)12-8(13)4-5-11-17(14,15)6-7(10)16/h11H,4-6H2,1-3H3,(H2,10,16)(H,12,13). The smallest absolute Gasteiger partial charge is 0.221 e. The van der Waals surface area contributed by atoms with E-state index in [1.54, 1.807) is 0 Å². The van der Waals surface area contributed by atoms with Crippen LogP contribution in [0.1, 0.15) is 27.2 Å². The van der Waals surface area contributed by atoms with Gasteiger partial charge in [-0.25, -0.2) is 13.1 Å². The van der Waals surface area contributed by atoms with Gasteiger partial charge in [-0.1, -0.05) is 12.2 Å². The molecule has 0 aliphatic heterocycles. The Morgan fingerprint density at radius 2 is 1.88 bits per heavy atom. The molecular formula is C9H19N3O3S2. The van der Waals surface area contributed by atoms with Gasteiger partial charge >= 0.3 is 0 Å². The first-order chi connectivity index (χ1) is 7.52. The molecule has 0 aliphatic carbocycles. The lowest BCUT2D eigenvalue weighted by Crippen LogP contribution is -2.42. The van der Waals surface area contributed by atoms with Crippen molar-refractivity contribution >= 4 is 33.1 Å². The van der Waals surface area contributed by atoms with E-state index in [-0.39, 0.29) is 29.4 Å². The average Bonchev–Trinajstić information content (AvgIpc) is 1.95. The summed E-state index contributed by atoms with van der Waals surface area (Å²) in [5, 5.41) is 2.72. The van der Waals surface area contributed by atoms with E-state index in [9.17, 15) is 13.2 Å². The van der Waals surface area contributed by atoms with E-state index in [4.69, 9.17) is 5.73 Å². The molecule has 0 heterocycles. The van der Waals surface area contributed by atoms with Gasteiger partial charge < -0.3 is 11.1 Å². The Morgan fingerprint density at radius 1 is 1.35 bits per heavy atom. The topological polar surface area (TPSA) is 101 Å². The highest BCUT2D eigenvalue weighted by atomic mass is 32.2. The second kappa shape index (κ2) is 6.27. The maximum atomic E-state index is 11.4. The highest BCUT2D eigenvalue weighted by molar-refractivity contribution is 7.92. The molecule has 0 saturated carbocycles. The number of hydrogen-bond donors (Lipinski definition) is 3. The molecule has 0 bridgehead atoms. The molecule has 0 rings (SSSR count). The summed E-state index contributed by atoms with van der Waals surface area (Å²) in [6, 6.07) is 0. The SMILES string of the molecule is CC(C)(C)NC(=O)CCNS(=O)(=O)CC(N)=S. The molecule has 0 aromatic carbocycles. The van der Waals surface area contributed by atoms with Crippen LogP contribution in [0.2, 0.25) is 0 Å². The van der Waals surface area contributed by atoms with Crippen LogP contribution in [0.25, 0.3) is 0 Å². The maximum absolute atomic E-state index is 11.4. The first kappa shape index (κ1) is 16.3. The van der Waals surface area contributed by atoms with Crippen LogP contribution in [0, 0.1) is 0 Å². The summed E-state index contributed by atoms with van der Waals surface area (Å²) in [7, 11) is -3.52. The number of rotatable bonds is 6. The van der Waals surface area contributed by atoms with Gasteiger partial charge in [-0.2, -0.15) is 0 Å². The van der Waals surface area contributed by atoms with Gasteiger partial charge in [0.15, 0.2) is 0 Å². The minimum absolute atomic E-state index is 0.0346. The Kier molecular flexibility index (Phi) is 6.00. The van der Waals surface area contributed by atoms with Gasteiger partial charge in [0.1, 0.15) is 5.75 Å². The average molecular weight is 281 g/mol. The lowest BCUT2D eigenvalue weighted by Gasteiger charge is -2.20. The molecule has 8 heteroatoms. The second-order valence-corrected chi connectivity index (χ2v) is 7.00. The van der Waals surface area contributed by atoms with Crippen molar-refractivity contribution in [3.05, 3.63) is 0 Å². The van der Waals surface area contributed by atoms with Crippen LogP contribution in [0.3, 0.4) is 0 Å². The molecule has 0 spiro atoms. The van der Waals surface area contributed by atoms with Crippen LogP contribution < -0.4 is 15.8 Å². The number of amides is 1. The van der Waals surface area contributed by atoms with Gasteiger partial charge in [0.2, 0.25) is 15.9 Å². The van der Waals surface area contributed by atoms with Crippen LogP contribution in [0.15, 0.2) is 0 Å². The lowest BCUT2D eigenvalue weighted by molar-refractivity contribution is -0.122. The molecule has 0 fully saturated rings. The predicted octanol–water partition coefficient (Wildman–Crippen LogP) is -0.503. The molecule has 4 N–H and O–H groups in total. The van der Waals surface area contributed by atoms with Crippen LogP contribution in [-0.4, -0.2) is 37.2 Å². The quantitative estimate of drug-likeness (QED) is 0.570. The van der Waals surface area contributed by atoms with Crippen LogP contribution >= 0.6 is 12.2 Å². The number of hydrogen-bond acceptors (Lipinski definition) is 4. The zero-order valence-corrected chi connectivity index (χ0v) is 11.9. The fourth-order valence-electron chi connectivity index (χ4n) is 1.04. The van der Waals surface area contributed by atoms with E-state index in [2.05, 4.69) is 22.3 Å². The van der Waals surface area contributed by atoms with E-state index in [0.717, 1.165) is 0 Å². The first-order valence-electron chi connectivity index (χ1n) is 5.08. The van der Waals surface area contributed by atoms with Crippen molar-refractivity contribution in [1.82, 2.24) is 10.0 Å². The minimum Gasteiger partial charge on any atom is -0.392 e. The molecular weight excluding hydrogens is 262 g/mol. The van der Waals surface area contributed by atoms with Gasteiger partial charge in [0.25, 0.3) is 0 Å². The summed E-state index contributed by atoms with van der Waals surface area (Å²) >= 11 is 4.50. The zero-order valence-electron chi connectivity index (χ0n) is 10.2. The molecule has 100 valence electrons. The Hall–Kier alpha value is -0.730. The monoisotopic (exact) mass is 281 g/mol. The molecule has 6 nitrogen and oxygen atoms in total. The number of nitrogens with two attached hydrogens (primary N) is 1. The van der Waals surface area contributed by atoms with E-state index in [1.165, 1.54) is 0 Å². The molecule has 0 unspecified atom stereocenters. The number of nitrogens with one attached hydrogen (secondary N) is 2. The normalized spacial score (nSPS) is 12.2. The molecule has 0 atom stereocenters. The molecule has 0 radical (unpaired) electrons. The zero-order chi connectivity index (χ0) is 13.7. The van der Waals surface area contributed by atoms with Crippen molar-refractivity contribution in [1.29, 1.82) is 0 Å². The van der Waals surface area contributed by atoms with Crippen molar-refractivity contribution in [2.24, 2.45) is 5.73 Å². The van der Waals surface area contributed by atoms with Crippen molar-refractivity contribution in [3.63, 3.8) is 0 Å². The lowest BCUT2D eigenvalue weighted by atomic mass is 10.1. The van der Waals surface area contributed by atoms with Gasteiger partial charge in [0.05, 0.1) is 4.99 Å². The Morgan fingerprint density at radius 3 is 2.29 bits per heavy atom. The summed E-state index contributed by atoms with van der Waals surface area (Å²) < 4.78 is 24.8. The van der Waals surface area contributed by atoms with E-state index >= 15 is 0 Å². The summed E-state index contributed by atoms with van der Waals surface area (Å²) in [4.78, 5) is 11.3. The largest absolute Gasteiger partial charge is 0.392 e. The first-order valence-corrected chi connectivity index (χ1v) is 7.14. The molecule has 0 saturated heterocycles. The van der Waals surface area contributed by atoms with Gasteiger partial charge in [-0.05, 0) is 20.8 Å². The second-order valence-electron chi connectivity index (χ2n) is 4.67. The summed E-state index contributed by atoms with van der Waals surface area (Å²) in [5.74, 6) is -0.612. The van der Waals surface area contributed by atoms with Crippen LogP contribution in [0.5, 0.6) is 0 Å². The molecule has 17 heavy (non-hydrogen) atoms. The molecule has 0 aliphatic rings. The summed E-state index contributed by atoms with van der Waals surface area (Å²) in [6.07, 6.45) is 0.0772. The predicted molar refractivity (Wildman–Crippen MR) is 71.1 cm³/mol. The van der Waals surface area contributed by atoms with Crippen molar-refractivity contribution in [2.45, 2.75) is 32.7 Å². The number of carbonyl (C=O) groups excluding carboxylic acids is 1. The Balaban J connectivity index is 4.00. The highest BCUT2D eigenvalue weighted by Crippen LogP contribution is 1.98. The van der Waals surface area contributed by atoms with Gasteiger partial charge in [0, 0.05) is 18.5 Å². The summed E-state index contributed by atoms with van der Waals surface area (Å²) in [5.41, 5.74) is 4.80. The minimum atomic E-state index is -3.52. The Bertz CT molecular complexity index is 385. The van der Waals surface area contributed by atoms with E-state index < -0.39 is 15.8 Å². The Labute approximate surface area is 107 Å². The third kappa shape index (κ3) is 10.2. The molecule has 0 aromatic rings. The third-order valence-corrected chi connectivity index (χ3v) is 3.18. The van der Waals surface area contributed by atoms with Crippen molar-refractivity contribution < 1.29 is 13.2 Å². The van der Waals surface area contributed by atoms with E-state index in [0.29, 0.717) is 0 Å². The number of carbonyl (C=O) groups is 1. The molecule has 1 amide bonds.